The van der Waals surface area contributed by atoms with Crippen LogP contribution < -0.4 is 20.7 Å². The van der Waals surface area contributed by atoms with Gasteiger partial charge in [0.2, 0.25) is 0 Å². The van der Waals surface area contributed by atoms with E-state index in [9.17, 15) is 9.59 Å². The molecule has 0 radical (unpaired) electrons. The first kappa shape index (κ1) is 14.9. The van der Waals surface area contributed by atoms with Gasteiger partial charge in [0.05, 0.1) is 11.3 Å². The van der Waals surface area contributed by atoms with Gasteiger partial charge >= 0.3 is 6.03 Å². The number of urea groups is 1. The quantitative estimate of drug-likeness (QED) is 0.794. The molecule has 3 amide bonds. The number of nitrogens with one attached hydrogen (secondary N) is 3. The molecule has 1 aliphatic heterocycles. The predicted molar refractivity (Wildman–Crippen MR) is 88.3 cm³/mol. The topological polar surface area (TPSA) is 79.5 Å². The standard InChI is InChI=1S/C17H17N3O3/c1-3-18-17(22)19-11-5-7-14-12(9-11)16(21)20-13-8-10(2)4-6-15(13)23-14/h4-9H,3H2,1-2H3,(H,20,21)(H2,18,19,22). The van der Waals surface area contributed by atoms with Gasteiger partial charge in [-0.3, -0.25) is 4.79 Å². The average molecular weight is 311 g/mol. The van der Waals surface area contributed by atoms with Gasteiger partial charge in [-0.15, -0.1) is 0 Å². The number of aryl methyl sites for hydroxylation is 1. The summed E-state index contributed by atoms with van der Waals surface area (Å²) in [5, 5.41) is 8.15. The second-order valence-electron chi connectivity index (χ2n) is 5.25. The van der Waals surface area contributed by atoms with Crippen molar-refractivity contribution in [3.05, 3.63) is 47.5 Å². The largest absolute Gasteiger partial charge is 0.454 e. The monoisotopic (exact) mass is 311 g/mol. The van der Waals surface area contributed by atoms with Gasteiger partial charge in [0.25, 0.3) is 5.91 Å². The number of fused-ring (bicyclic) bond motifs is 2. The second kappa shape index (κ2) is 6.00. The Hall–Kier alpha value is -3.02. The highest BCUT2D eigenvalue weighted by molar-refractivity contribution is 6.09. The first-order valence-electron chi connectivity index (χ1n) is 7.35. The van der Waals surface area contributed by atoms with Crippen LogP contribution >= 0.6 is 0 Å². The molecule has 0 spiro atoms. The van der Waals surface area contributed by atoms with E-state index in [1.165, 1.54) is 0 Å². The van der Waals surface area contributed by atoms with Gasteiger partial charge in [-0.25, -0.2) is 4.79 Å². The van der Waals surface area contributed by atoms with Crippen LogP contribution in [0.25, 0.3) is 0 Å². The number of rotatable bonds is 2. The summed E-state index contributed by atoms with van der Waals surface area (Å²) < 4.78 is 5.82. The molecule has 1 aliphatic rings. The third kappa shape index (κ3) is 3.11. The predicted octanol–water partition coefficient (Wildman–Crippen LogP) is 3.49. The minimum Gasteiger partial charge on any atom is -0.454 e. The minimum atomic E-state index is -0.318. The van der Waals surface area contributed by atoms with Gasteiger partial charge < -0.3 is 20.7 Å². The molecule has 0 unspecified atom stereocenters. The lowest BCUT2D eigenvalue weighted by Crippen LogP contribution is -2.28. The van der Waals surface area contributed by atoms with E-state index in [0.29, 0.717) is 35.0 Å². The maximum atomic E-state index is 12.4. The third-order valence-corrected chi connectivity index (χ3v) is 3.42. The minimum absolute atomic E-state index is 0.274. The number of hydrogen-bond acceptors (Lipinski definition) is 3. The Morgan fingerprint density at radius 3 is 2.74 bits per heavy atom. The Morgan fingerprint density at radius 1 is 1.17 bits per heavy atom. The molecule has 3 rings (SSSR count). The molecule has 6 heteroatoms. The fourth-order valence-corrected chi connectivity index (χ4v) is 2.35. The Kier molecular flexibility index (Phi) is 3.89. The number of benzene rings is 2. The summed E-state index contributed by atoms with van der Waals surface area (Å²) in [4.78, 5) is 24.0. The molecular weight excluding hydrogens is 294 g/mol. The summed E-state index contributed by atoms with van der Waals surface area (Å²) in [6, 6.07) is 10.2. The van der Waals surface area contributed by atoms with E-state index < -0.39 is 0 Å². The normalized spacial score (nSPS) is 12.2. The smallest absolute Gasteiger partial charge is 0.319 e. The lowest BCUT2D eigenvalue weighted by molar-refractivity contribution is 0.102. The van der Waals surface area contributed by atoms with Crippen molar-refractivity contribution < 1.29 is 14.3 Å². The van der Waals surface area contributed by atoms with Crippen molar-refractivity contribution in [3.63, 3.8) is 0 Å². The zero-order valence-corrected chi connectivity index (χ0v) is 12.9. The molecule has 0 aromatic heterocycles. The number of carbonyl (C=O) groups excluding carboxylic acids is 2. The molecule has 118 valence electrons. The van der Waals surface area contributed by atoms with E-state index in [2.05, 4.69) is 16.0 Å². The van der Waals surface area contributed by atoms with Crippen LogP contribution in [0.4, 0.5) is 16.2 Å². The van der Waals surface area contributed by atoms with Crippen molar-refractivity contribution in [2.45, 2.75) is 13.8 Å². The van der Waals surface area contributed by atoms with Crippen molar-refractivity contribution in [2.24, 2.45) is 0 Å². The molecule has 1 heterocycles. The summed E-state index contributed by atoms with van der Waals surface area (Å²) in [7, 11) is 0. The molecular formula is C17H17N3O3. The van der Waals surface area contributed by atoms with E-state index in [0.717, 1.165) is 5.56 Å². The Bertz CT molecular complexity index is 787. The fourth-order valence-electron chi connectivity index (χ4n) is 2.35. The SMILES string of the molecule is CCNC(=O)Nc1ccc2c(c1)C(=O)Nc1cc(C)ccc1O2. The Morgan fingerprint density at radius 2 is 1.96 bits per heavy atom. The molecule has 0 saturated heterocycles. The van der Waals surface area contributed by atoms with Crippen molar-refractivity contribution in [2.75, 3.05) is 17.2 Å². The van der Waals surface area contributed by atoms with Crippen LogP contribution in [0.3, 0.4) is 0 Å². The van der Waals surface area contributed by atoms with E-state index in [-0.39, 0.29) is 11.9 Å². The van der Waals surface area contributed by atoms with E-state index >= 15 is 0 Å². The van der Waals surface area contributed by atoms with Crippen molar-refractivity contribution in [1.29, 1.82) is 0 Å². The van der Waals surface area contributed by atoms with Crippen molar-refractivity contribution >= 4 is 23.3 Å². The van der Waals surface area contributed by atoms with Crippen LogP contribution in [0, 0.1) is 6.92 Å². The van der Waals surface area contributed by atoms with Gasteiger partial charge in [-0.1, -0.05) is 6.07 Å². The molecule has 2 aromatic carbocycles. The van der Waals surface area contributed by atoms with E-state index in [1.54, 1.807) is 18.2 Å². The maximum Gasteiger partial charge on any atom is 0.319 e. The fraction of sp³-hybridized carbons (Fsp3) is 0.176. The van der Waals surface area contributed by atoms with E-state index in [1.807, 2.05) is 32.0 Å². The molecule has 0 saturated carbocycles. The second-order valence-corrected chi connectivity index (χ2v) is 5.25. The van der Waals surface area contributed by atoms with Crippen LogP contribution in [0.5, 0.6) is 11.5 Å². The number of hydrogen-bond donors (Lipinski definition) is 3. The first-order chi connectivity index (χ1) is 11.1. The number of amides is 3. The molecule has 6 nitrogen and oxygen atoms in total. The van der Waals surface area contributed by atoms with Crippen molar-refractivity contribution in [1.82, 2.24) is 5.32 Å². The molecule has 23 heavy (non-hydrogen) atoms. The van der Waals surface area contributed by atoms with Gasteiger partial charge in [0.1, 0.15) is 5.75 Å². The molecule has 0 atom stereocenters. The highest BCUT2D eigenvalue weighted by atomic mass is 16.5. The average Bonchev–Trinajstić information content (AvgIpc) is 2.63. The van der Waals surface area contributed by atoms with Gasteiger partial charge in [-0.05, 0) is 49.7 Å². The number of ether oxygens (including phenoxy) is 1. The van der Waals surface area contributed by atoms with Crippen molar-refractivity contribution in [3.8, 4) is 11.5 Å². The summed E-state index contributed by atoms with van der Waals surface area (Å²) in [6.45, 7) is 4.30. The lowest BCUT2D eigenvalue weighted by atomic mass is 10.1. The van der Waals surface area contributed by atoms with Gasteiger partial charge in [0, 0.05) is 12.2 Å². The van der Waals surface area contributed by atoms with Crippen LogP contribution in [-0.4, -0.2) is 18.5 Å². The zero-order chi connectivity index (χ0) is 16.4. The van der Waals surface area contributed by atoms with Crippen LogP contribution in [-0.2, 0) is 0 Å². The van der Waals surface area contributed by atoms with Gasteiger partial charge in [0.15, 0.2) is 5.75 Å². The van der Waals surface area contributed by atoms with E-state index in [4.69, 9.17) is 4.74 Å². The van der Waals surface area contributed by atoms with Crippen LogP contribution in [0.15, 0.2) is 36.4 Å². The van der Waals surface area contributed by atoms with Gasteiger partial charge in [-0.2, -0.15) is 0 Å². The molecule has 2 aromatic rings. The van der Waals surface area contributed by atoms with Crippen LogP contribution in [0.1, 0.15) is 22.8 Å². The first-order valence-corrected chi connectivity index (χ1v) is 7.35. The molecule has 0 aliphatic carbocycles. The van der Waals surface area contributed by atoms with Crippen LogP contribution in [0.2, 0.25) is 0 Å². The Labute approximate surface area is 133 Å². The highest BCUT2D eigenvalue weighted by Crippen LogP contribution is 2.37. The lowest BCUT2D eigenvalue weighted by Gasteiger charge is -2.10. The zero-order valence-electron chi connectivity index (χ0n) is 12.9. The summed E-state index contributed by atoms with van der Waals surface area (Å²) in [5.74, 6) is 0.766. The summed E-state index contributed by atoms with van der Waals surface area (Å²) >= 11 is 0. The highest BCUT2D eigenvalue weighted by Gasteiger charge is 2.21. The maximum absolute atomic E-state index is 12.4. The molecule has 0 fully saturated rings. The molecule has 3 N–H and O–H groups in total. The number of carbonyl (C=O) groups is 2. The summed E-state index contributed by atoms with van der Waals surface area (Å²) in [6.07, 6.45) is 0. The Balaban J connectivity index is 1.92. The number of anilines is 2. The third-order valence-electron chi connectivity index (χ3n) is 3.42. The molecule has 0 bridgehead atoms. The summed E-state index contributed by atoms with van der Waals surface area (Å²) in [5.41, 5.74) is 2.55.